The Balaban J connectivity index is 2.23. The fourth-order valence-corrected chi connectivity index (χ4v) is 1.55. The Bertz CT molecular complexity index is 384. The van der Waals surface area contributed by atoms with Crippen molar-refractivity contribution in [2.24, 2.45) is 0 Å². The second kappa shape index (κ2) is 8.27. The van der Waals surface area contributed by atoms with Crippen molar-refractivity contribution in [1.29, 1.82) is 0 Å². The monoisotopic (exact) mass is 288 g/mol. The second-order valence-corrected chi connectivity index (χ2v) is 4.93. The van der Waals surface area contributed by atoms with Gasteiger partial charge >= 0.3 is 5.97 Å². The Morgan fingerprint density at radius 1 is 1.44 bits per heavy atom. The smallest absolute Gasteiger partial charge is 0.344 e. The Hall–Kier alpha value is -0.870. The summed E-state index contributed by atoms with van der Waals surface area (Å²) in [5.41, 5.74) is 0. The van der Waals surface area contributed by atoms with Crippen LogP contribution < -0.4 is 4.74 Å². The summed E-state index contributed by atoms with van der Waals surface area (Å²) in [6.07, 6.45) is 1.70. The van der Waals surface area contributed by atoms with Crippen molar-refractivity contribution in [3.05, 3.63) is 29.3 Å². The van der Waals surface area contributed by atoms with Gasteiger partial charge in [0, 0.05) is 5.25 Å². The van der Waals surface area contributed by atoms with E-state index in [-0.39, 0.29) is 11.9 Å². The molecule has 0 fully saturated rings. The van der Waals surface area contributed by atoms with Crippen molar-refractivity contribution in [2.45, 2.75) is 25.0 Å². The predicted octanol–water partition coefficient (Wildman–Crippen LogP) is 3.36. The third kappa shape index (κ3) is 5.65. The van der Waals surface area contributed by atoms with Crippen LogP contribution in [0.3, 0.4) is 0 Å². The number of halogens is 1. The molecule has 18 heavy (non-hydrogen) atoms. The summed E-state index contributed by atoms with van der Waals surface area (Å²) in [6, 6.07) is 7.00. The molecular formula is C13H17ClO3S. The Morgan fingerprint density at radius 2 is 2.17 bits per heavy atom. The van der Waals surface area contributed by atoms with E-state index in [0.717, 1.165) is 12.8 Å². The van der Waals surface area contributed by atoms with E-state index in [1.165, 1.54) is 0 Å². The molecule has 1 rings (SSSR count). The molecule has 0 aliphatic rings. The number of rotatable bonds is 7. The van der Waals surface area contributed by atoms with Crippen LogP contribution in [-0.2, 0) is 9.53 Å². The number of carbonyl (C=O) groups is 1. The fourth-order valence-electron chi connectivity index (χ4n) is 1.25. The zero-order valence-corrected chi connectivity index (χ0v) is 11.9. The summed E-state index contributed by atoms with van der Waals surface area (Å²) in [5, 5.41) is 0.744. The van der Waals surface area contributed by atoms with E-state index in [1.807, 2.05) is 6.92 Å². The number of carbonyl (C=O) groups excluding carboxylic acids is 1. The van der Waals surface area contributed by atoms with Crippen LogP contribution in [0.2, 0.25) is 5.02 Å². The summed E-state index contributed by atoms with van der Waals surface area (Å²) in [6.45, 7) is 2.28. The molecule has 0 N–H and O–H groups in total. The van der Waals surface area contributed by atoms with Gasteiger partial charge in [-0.2, -0.15) is 12.6 Å². The first kappa shape index (κ1) is 15.2. The summed E-state index contributed by atoms with van der Waals surface area (Å²) in [4.78, 5) is 11.4. The Kier molecular flexibility index (Phi) is 6.98. The maximum absolute atomic E-state index is 11.4. The molecule has 1 atom stereocenters. The molecule has 0 radical (unpaired) electrons. The van der Waals surface area contributed by atoms with E-state index in [0.29, 0.717) is 17.4 Å². The molecule has 3 nitrogen and oxygen atoms in total. The molecule has 1 unspecified atom stereocenters. The van der Waals surface area contributed by atoms with Crippen LogP contribution >= 0.6 is 24.2 Å². The van der Waals surface area contributed by atoms with E-state index in [1.54, 1.807) is 24.3 Å². The van der Waals surface area contributed by atoms with Crippen molar-refractivity contribution >= 4 is 30.2 Å². The lowest BCUT2D eigenvalue weighted by Gasteiger charge is -2.10. The average Bonchev–Trinajstić information content (AvgIpc) is 2.37. The highest BCUT2D eigenvalue weighted by Crippen LogP contribution is 2.22. The average molecular weight is 289 g/mol. The zero-order valence-electron chi connectivity index (χ0n) is 10.3. The lowest BCUT2D eigenvalue weighted by molar-refractivity contribution is -0.146. The fraction of sp³-hybridized carbons (Fsp3) is 0.462. The van der Waals surface area contributed by atoms with Crippen molar-refractivity contribution in [2.75, 3.05) is 13.2 Å². The van der Waals surface area contributed by atoms with Gasteiger partial charge in [0.1, 0.15) is 5.75 Å². The lowest BCUT2D eigenvalue weighted by atomic mass is 10.2. The van der Waals surface area contributed by atoms with E-state index >= 15 is 0 Å². The molecule has 5 heteroatoms. The molecule has 0 spiro atoms. The maximum Gasteiger partial charge on any atom is 0.344 e. The Labute approximate surface area is 118 Å². The third-order valence-electron chi connectivity index (χ3n) is 2.37. The number of benzene rings is 1. The third-order valence-corrected chi connectivity index (χ3v) is 3.30. The quantitative estimate of drug-likeness (QED) is 0.617. The molecule has 0 saturated carbocycles. The summed E-state index contributed by atoms with van der Waals surface area (Å²) in [5.74, 6) is 0.0864. The van der Waals surface area contributed by atoms with Gasteiger partial charge in [0.25, 0.3) is 0 Å². The van der Waals surface area contributed by atoms with Gasteiger partial charge in [-0.1, -0.05) is 30.7 Å². The minimum absolute atomic E-state index is 0.132. The van der Waals surface area contributed by atoms with Gasteiger partial charge in [0.05, 0.1) is 11.6 Å². The number of thiol groups is 1. The molecule has 1 aromatic rings. The molecule has 0 saturated heterocycles. The van der Waals surface area contributed by atoms with Gasteiger partial charge in [0.2, 0.25) is 0 Å². The normalized spacial score (nSPS) is 11.9. The van der Waals surface area contributed by atoms with Gasteiger partial charge in [-0.3, -0.25) is 0 Å². The SMILES string of the molecule is CCC(S)CCOC(=O)COc1ccccc1Cl. The number of hydrogen-bond donors (Lipinski definition) is 1. The van der Waals surface area contributed by atoms with Crippen molar-refractivity contribution in [1.82, 2.24) is 0 Å². The minimum atomic E-state index is -0.397. The molecule has 0 bridgehead atoms. The molecule has 1 aromatic carbocycles. The summed E-state index contributed by atoms with van der Waals surface area (Å²) >= 11 is 10.2. The number of esters is 1. The highest BCUT2D eigenvalue weighted by Gasteiger charge is 2.07. The summed E-state index contributed by atoms with van der Waals surface area (Å²) < 4.78 is 10.3. The van der Waals surface area contributed by atoms with Crippen LogP contribution in [0.25, 0.3) is 0 Å². The van der Waals surface area contributed by atoms with Crippen LogP contribution in [0.15, 0.2) is 24.3 Å². The van der Waals surface area contributed by atoms with Crippen LogP contribution in [-0.4, -0.2) is 24.4 Å². The van der Waals surface area contributed by atoms with E-state index < -0.39 is 5.97 Å². The van der Waals surface area contributed by atoms with Gasteiger partial charge in [-0.15, -0.1) is 0 Å². The van der Waals surface area contributed by atoms with Gasteiger partial charge in [0.15, 0.2) is 6.61 Å². The standard InChI is InChI=1S/C13H17ClO3S/c1-2-10(18)7-8-16-13(15)9-17-12-6-4-3-5-11(12)14/h3-6,10,18H,2,7-9H2,1H3. The molecule has 0 aliphatic heterocycles. The van der Waals surface area contributed by atoms with E-state index in [4.69, 9.17) is 21.1 Å². The highest BCUT2D eigenvalue weighted by atomic mass is 35.5. The minimum Gasteiger partial charge on any atom is -0.480 e. The number of ether oxygens (including phenoxy) is 2. The highest BCUT2D eigenvalue weighted by molar-refractivity contribution is 7.80. The summed E-state index contributed by atoms with van der Waals surface area (Å²) in [7, 11) is 0. The van der Waals surface area contributed by atoms with Crippen molar-refractivity contribution in [3.63, 3.8) is 0 Å². The van der Waals surface area contributed by atoms with Gasteiger partial charge in [-0.05, 0) is 25.0 Å². The zero-order chi connectivity index (χ0) is 13.4. The predicted molar refractivity (Wildman–Crippen MR) is 75.6 cm³/mol. The number of hydrogen-bond acceptors (Lipinski definition) is 4. The molecule has 0 heterocycles. The first-order valence-corrected chi connectivity index (χ1v) is 6.74. The molecule has 0 amide bonds. The number of para-hydroxylation sites is 1. The maximum atomic E-state index is 11.4. The molecule has 0 aliphatic carbocycles. The topological polar surface area (TPSA) is 35.5 Å². The molecule has 0 aromatic heterocycles. The van der Waals surface area contributed by atoms with Crippen LogP contribution in [0.1, 0.15) is 19.8 Å². The van der Waals surface area contributed by atoms with E-state index in [9.17, 15) is 4.79 Å². The largest absolute Gasteiger partial charge is 0.480 e. The lowest BCUT2D eigenvalue weighted by Crippen LogP contribution is -2.17. The molecule has 100 valence electrons. The second-order valence-electron chi connectivity index (χ2n) is 3.79. The van der Waals surface area contributed by atoms with Crippen LogP contribution in [0, 0.1) is 0 Å². The molecular weight excluding hydrogens is 272 g/mol. The van der Waals surface area contributed by atoms with Gasteiger partial charge in [-0.25, -0.2) is 4.79 Å². The van der Waals surface area contributed by atoms with E-state index in [2.05, 4.69) is 12.6 Å². The Morgan fingerprint density at radius 3 is 2.83 bits per heavy atom. The van der Waals surface area contributed by atoms with Crippen molar-refractivity contribution < 1.29 is 14.3 Å². The van der Waals surface area contributed by atoms with Crippen LogP contribution in [0.5, 0.6) is 5.75 Å². The first-order valence-electron chi connectivity index (χ1n) is 5.84. The van der Waals surface area contributed by atoms with Gasteiger partial charge < -0.3 is 9.47 Å². The first-order chi connectivity index (χ1) is 8.63. The van der Waals surface area contributed by atoms with Crippen LogP contribution in [0.4, 0.5) is 0 Å². The van der Waals surface area contributed by atoms with Crippen molar-refractivity contribution in [3.8, 4) is 5.75 Å².